The molecule has 1 aromatic heterocycles. The van der Waals surface area contributed by atoms with Crippen molar-refractivity contribution in [2.75, 3.05) is 26.3 Å². The molecule has 1 aliphatic heterocycles. The predicted molar refractivity (Wildman–Crippen MR) is 93.6 cm³/mol. The van der Waals surface area contributed by atoms with Crippen LogP contribution in [0.1, 0.15) is 37.8 Å². The summed E-state index contributed by atoms with van der Waals surface area (Å²) in [5, 5.41) is 7.28. The van der Waals surface area contributed by atoms with Gasteiger partial charge in [-0.15, -0.1) is 0 Å². The lowest BCUT2D eigenvalue weighted by molar-refractivity contribution is -0.133. The van der Waals surface area contributed by atoms with Gasteiger partial charge in [0.2, 0.25) is 5.91 Å². The van der Waals surface area contributed by atoms with Crippen LogP contribution in [-0.2, 0) is 9.53 Å². The Balaban J connectivity index is 1.71. The largest absolute Gasteiger partial charge is 0.381 e. The summed E-state index contributed by atoms with van der Waals surface area (Å²) in [6.45, 7) is 4.51. The number of hydrogen-bond acceptors (Lipinski definition) is 3. The molecule has 1 saturated heterocycles. The number of halogens is 1. The van der Waals surface area contributed by atoms with Crippen LogP contribution < -0.4 is 0 Å². The Bertz CT molecular complexity index is 699. The number of piperidine rings is 1. The topological polar surface area (TPSA) is 58.2 Å². The monoisotopic (exact) mass is 345 g/mol. The molecule has 0 spiro atoms. The second kappa shape index (κ2) is 8.25. The SMILES string of the molecule is CCOCCC(=O)N1CCC[C@H](c2[nH]ncc2-c2ccc(F)cc2)C1. The van der Waals surface area contributed by atoms with Crippen molar-refractivity contribution in [1.29, 1.82) is 0 Å². The fourth-order valence-electron chi connectivity index (χ4n) is 3.37. The van der Waals surface area contributed by atoms with Gasteiger partial charge in [-0.05, 0) is 37.5 Å². The van der Waals surface area contributed by atoms with Crippen molar-refractivity contribution in [1.82, 2.24) is 15.1 Å². The predicted octanol–water partition coefficient (Wildman–Crippen LogP) is 3.35. The Morgan fingerprint density at radius 1 is 1.40 bits per heavy atom. The van der Waals surface area contributed by atoms with Crippen molar-refractivity contribution in [3.05, 3.63) is 42.0 Å². The minimum absolute atomic E-state index is 0.140. The average Bonchev–Trinajstić information content (AvgIpc) is 3.12. The molecule has 0 radical (unpaired) electrons. The zero-order chi connectivity index (χ0) is 17.6. The Labute approximate surface area is 147 Å². The summed E-state index contributed by atoms with van der Waals surface area (Å²) < 4.78 is 18.5. The van der Waals surface area contributed by atoms with Crippen molar-refractivity contribution in [2.24, 2.45) is 0 Å². The highest BCUT2D eigenvalue weighted by atomic mass is 19.1. The van der Waals surface area contributed by atoms with Crippen LogP contribution in [0.4, 0.5) is 4.39 Å². The van der Waals surface area contributed by atoms with Crippen molar-refractivity contribution >= 4 is 5.91 Å². The van der Waals surface area contributed by atoms with Crippen molar-refractivity contribution < 1.29 is 13.9 Å². The van der Waals surface area contributed by atoms with Crippen LogP contribution in [0.2, 0.25) is 0 Å². The zero-order valence-corrected chi connectivity index (χ0v) is 14.5. The van der Waals surface area contributed by atoms with E-state index < -0.39 is 0 Å². The fourth-order valence-corrected chi connectivity index (χ4v) is 3.37. The molecule has 1 amide bonds. The summed E-state index contributed by atoms with van der Waals surface area (Å²) in [5.74, 6) is 0.103. The van der Waals surface area contributed by atoms with Crippen LogP contribution in [0, 0.1) is 5.82 Å². The van der Waals surface area contributed by atoms with Crippen LogP contribution in [0.15, 0.2) is 30.5 Å². The number of H-pyrrole nitrogens is 1. The molecule has 1 fully saturated rings. The van der Waals surface area contributed by atoms with E-state index in [9.17, 15) is 9.18 Å². The number of rotatable bonds is 6. The second-order valence-electron chi connectivity index (χ2n) is 6.33. The molecule has 2 aromatic rings. The number of carbonyl (C=O) groups is 1. The van der Waals surface area contributed by atoms with Gasteiger partial charge in [0.05, 0.1) is 19.2 Å². The lowest BCUT2D eigenvalue weighted by Gasteiger charge is -2.33. The first-order valence-electron chi connectivity index (χ1n) is 8.83. The maximum absolute atomic E-state index is 13.2. The molecular weight excluding hydrogens is 321 g/mol. The number of ether oxygens (including phenoxy) is 1. The van der Waals surface area contributed by atoms with Gasteiger partial charge >= 0.3 is 0 Å². The number of nitrogens with zero attached hydrogens (tertiary/aromatic N) is 2. The number of likely N-dealkylation sites (tertiary alicyclic amines) is 1. The normalized spacial score (nSPS) is 17.7. The first-order valence-corrected chi connectivity index (χ1v) is 8.83. The number of carbonyl (C=O) groups excluding carboxylic acids is 1. The van der Waals surface area contributed by atoms with Gasteiger partial charge in [0.15, 0.2) is 0 Å². The molecule has 134 valence electrons. The third-order valence-corrected chi connectivity index (χ3v) is 4.67. The molecule has 1 aromatic carbocycles. The molecule has 2 heterocycles. The minimum atomic E-state index is -0.252. The van der Waals surface area contributed by atoms with Gasteiger partial charge in [-0.3, -0.25) is 9.89 Å². The highest BCUT2D eigenvalue weighted by Gasteiger charge is 2.27. The van der Waals surface area contributed by atoms with Crippen LogP contribution >= 0.6 is 0 Å². The van der Waals surface area contributed by atoms with Gasteiger partial charge in [0, 0.05) is 36.9 Å². The van der Waals surface area contributed by atoms with E-state index in [1.807, 2.05) is 11.8 Å². The molecule has 1 N–H and O–H groups in total. The van der Waals surface area contributed by atoms with E-state index in [1.165, 1.54) is 12.1 Å². The second-order valence-corrected chi connectivity index (χ2v) is 6.33. The lowest BCUT2D eigenvalue weighted by atomic mass is 9.90. The van der Waals surface area contributed by atoms with E-state index in [0.29, 0.717) is 26.2 Å². The molecule has 0 aliphatic carbocycles. The summed E-state index contributed by atoms with van der Waals surface area (Å²) in [5.41, 5.74) is 2.94. The summed E-state index contributed by atoms with van der Waals surface area (Å²) in [7, 11) is 0. The van der Waals surface area contributed by atoms with E-state index in [-0.39, 0.29) is 17.6 Å². The quantitative estimate of drug-likeness (QED) is 0.817. The number of hydrogen-bond donors (Lipinski definition) is 1. The van der Waals surface area contributed by atoms with E-state index >= 15 is 0 Å². The summed E-state index contributed by atoms with van der Waals surface area (Å²) in [4.78, 5) is 14.3. The third kappa shape index (κ3) is 4.25. The Morgan fingerprint density at radius 2 is 2.20 bits per heavy atom. The standard InChI is InChI=1S/C19H24FN3O2/c1-2-25-11-9-18(24)23-10-3-4-15(13-23)19-17(12-21-22-19)14-5-7-16(20)8-6-14/h5-8,12,15H,2-4,9-11,13H2,1H3,(H,21,22)/t15-/m0/s1. The molecule has 0 bridgehead atoms. The van der Waals surface area contributed by atoms with Gasteiger partial charge in [-0.1, -0.05) is 12.1 Å². The Hall–Kier alpha value is -2.21. The van der Waals surface area contributed by atoms with E-state index in [4.69, 9.17) is 4.74 Å². The van der Waals surface area contributed by atoms with Gasteiger partial charge in [-0.2, -0.15) is 5.10 Å². The van der Waals surface area contributed by atoms with Crippen molar-refractivity contribution in [2.45, 2.75) is 32.1 Å². The summed E-state index contributed by atoms with van der Waals surface area (Å²) in [6.07, 6.45) is 4.17. The molecule has 1 atom stereocenters. The van der Waals surface area contributed by atoms with E-state index in [1.54, 1.807) is 18.3 Å². The number of amides is 1. The van der Waals surface area contributed by atoms with E-state index in [2.05, 4.69) is 10.2 Å². The maximum atomic E-state index is 13.2. The molecule has 3 rings (SSSR count). The zero-order valence-electron chi connectivity index (χ0n) is 14.5. The molecule has 0 saturated carbocycles. The van der Waals surface area contributed by atoms with Gasteiger partial charge in [-0.25, -0.2) is 4.39 Å². The number of nitrogens with one attached hydrogen (secondary N) is 1. The molecule has 5 nitrogen and oxygen atoms in total. The maximum Gasteiger partial charge on any atom is 0.224 e. The number of aromatic nitrogens is 2. The lowest BCUT2D eigenvalue weighted by Crippen LogP contribution is -2.39. The van der Waals surface area contributed by atoms with Crippen molar-refractivity contribution in [3.63, 3.8) is 0 Å². The molecular formula is C19H24FN3O2. The highest BCUT2D eigenvalue weighted by Crippen LogP contribution is 2.33. The van der Waals surface area contributed by atoms with Crippen molar-refractivity contribution in [3.8, 4) is 11.1 Å². The number of aromatic amines is 1. The first kappa shape index (κ1) is 17.6. The first-order chi connectivity index (χ1) is 12.2. The van der Waals surface area contributed by atoms with Gasteiger partial charge in [0.25, 0.3) is 0 Å². The van der Waals surface area contributed by atoms with Crippen LogP contribution in [0.3, 0.4) is 0 Å². The molecule has 25 heavy (non-hydrogen) atoms. The van der Waals surface area contributed by atoms with Crippen LogP contribution in [-0.4, -0.2) is 47.3 Å². The third-order valence-electron chi connectivity index (χ3n) is 4.67. The van der Waals surface area contributed by atoms with Crippen LogP contribution in [0.25, 0.3) is 11.1 Å². The molecule has 0 unspecified atom stereocenters. The van der Waals surface area contributed by atoms with Gasteiger partial charge < -0.3 is 9.64 Å². The fraction of sp³-hybridized carbons (Fsp3) is 0.474. The summed E-state index contributed by atoms with van der Waals surface area (Å²) >= 11 is 0. The average molecular weight is 345 g/mol. The summed E-state index contributed by atoms with van der Waals surface area (Å²) in [6, 6.07) is 6.43. The molecule has 6 heteroatoms. The smallest absolute Gasteiger partial charge is 0.224 e. The minimum Gasteiger partial charge on any atom is -0.381 e. The molecule has 1 aliphatic rings. The van der Waals surface area contributed by atoms with E-state index in [0.717, 1.165) is 36.2 Å². The number of benzene rings is 1. The highest BCUT2D eigenvalue weighted by molar-refractivity contribution is 5.76. The van der Waals surface area contributed by atoms with Gasteiger partial charge in [0.1, 0.15) is 5.82 Å². The Morgan fingerprint density at radius 3 is 2.96 bits per heavy atom. The Kier molecular flexibility index (Phi) is 5.81. The van der Waals surface area contributed by atoms with Crippen LogP contribution in [0.5, 0.6) is 0 Å².